The zero-order valence-electron chi connectivity index (χ0n) is 27.3. The number of hydrogen-bond donors (Lipinski definition) is 2. The average molecular weight is 747 g/mol. The summed E-state index contributed by atoms with van der Waals surface area (Å²) >= 11 is 10.7. The second kappa shape index (κ2) is 15.9. The van der Waals surface area contributed by atoms with Crippen LogP contribution in [0.1, 0.15) is 24.1 Å². The Hall–Kier alpha value is -4.94. The summed E-state index contributed by atoms with van der Waals surface area (Å²) in [7, 11) is 0. The first-order chi connectivity index (χ1) is 24.9. The van der Waals surface area contributed by atoms with Crippen LogP contribution in [0.3, 0.4) is 0 Å². The van der Waals surface area contributed by atoms with Crippen molar-refractivity contribution in [3.63, 3.8) is 0 Å². The molecule has 12 heteroatoms. The normalized spacial score (nSPS) is 11.8. The van der Waals surface area contributed by atoms with E-state index < -0.39 is 5.25 Å². The molecule has 2 N–H and O–H groups in total. The third-order valence-corrected chi connectivity index (χ3v) is 11.5. The van der Waals surface area contributed by atoms with Gasteiger partial charge < -0.3 is 10.6 Å². The van der Waals surface area contributed by atoms with Crippen molar-refractivity contribution in [3.8, 4) is 17.1 Å². The molecule has 0 aliphatic rings. The number of hydrogen-bond acceptors (Lipinski definition) is 8. The van der Waals surface area contributed by atoms with Crippen LogP contribution in [0.25, 0.3) is 27.3 Å². The van der Waals surface area contributed by atoms with Gasteiger partial charge in [-0.25, -0.2) is 4.98 Å². The number of fused-ring (bicyclic) bond motifs is 1. The summed E-state index contributed by atoms with van der Waals surface area (Å²) in [5, 5.41) is 15.8. The van der Waals surface area contributed by atoms with Gasteiger partial charge in [0, 0.05) is 16.9 Å². The molecule has 254 valence electrons. The molecule has 0 saturated heterocycles. The molecule has 8 nitrogen and oxygen atoms in total. The van der Waals surface area contributed by atoms with E-state index in [0.717, 1.165) is 36.9 Å². The van der Waals surface area contributed by atoms with Crippen molar-refractivity contribution in [2.24, 2.45) is 0 Å². The van der Waals surface area contributed by atoms with Crippen LogP contribution in [0.4, 0.5) is 5.69 Å². The molecule has 2 amide bonds. The van der Waals surface area contributed by atoms with Crippen molar-refractivity contribution < 1.29 is 9.59 Å². The quantitative estimate of drug-likeness (QED) is 0.120. The van der Waals surface area contributed by atoms with E-state index in [2.05, 4.69) is 20.8 Å². The number of benzene rings is 5. The van der Waals surface area contributed by atoms with Crippen LogP contribution < -0.4 is 10.6 Å². The monoisotopic (exact) mass is 746 g/mol. The van der Waals surface area contributed by atoms with Gasteiger partial charge in [0.05, 0.1) is 32.3 Å². The number of carbonyl (C=O) groups excluding carboxylic acids is 2. The maximum atomic E-state index is 13.4. The Labute approximate surface area is 312 Å². The van der Waals surface area contributed by atoms with E-state index in [4.69, 9.17) is 16.6 Å². The van der Waals surface area contributed by atoms with Gasteiger partial charge in [-0.2, -0.15) is 0 Å². The molecule has 5 aromatic carbocycles. The summed E-state index contributed by atoms with van der Waals surface area (Å²) in [6.45, 7) is 1.84. The molecule has 2 heterocycles. The van der Waals surface area contributed by atoms with Gasteiger partial charge >= 0.3 is 0 Å². The lowest BCUT2D eigenvalue weighted by Gasteiger charge is -2.19. The summed E-state index contributed by atoms with van der Waals surface area (Å²) < 4.78 is 3.61. The van der Waals surface area contributed by atoms with Crippen LogP contribution in [-0.4, -0.2) is 42.6 Å². The SMILES string of the molecule is C[C@H](Sc1nnc(-c2ccccc2Cl)n1-c1ccccc1)C(=O)Nc1ccc2nc(SCC(=O)NC(c3ccccc3)c3ccccc3)sc2c1. The van der Waals surface area contributed by atoms with E-state index in [-0.39, 0.29) is 23.6 Å². The second-order valence-corrected chi connectivity index (χ2v) is 15.4. The Bertz CT molecular complexity index is 2240. The summed E-state index contributed by atoms with van der Waals surface area (Å²) in [6.07, 6.45) is 0. The first-order valence-corrected chi connectivity index (χ1v) is 19.1. The van der Waals surface area contributed by atoms with Crippen molar-refractivity contribution in [2.75, 3.05) is 11.1 Å². The van der Waals surface area contributed by atoms with E-state index in [0.29, 0.717) is 21.7 Å². The maximum Gasteiger partial charge on any atom is 0.237 e. The number of nitrogens with zero attached hydrogens (tertiary/aromatic N) is 4. The highest BCUT2D eigenvalue weighted by molar-refractivity contribution is 8.01. The number of thiazole rings is 1. The first kappa shape index (κ1) is 34.5. The van der Waals surface area contributed by atoms with Gasteiger partial charge in [-0.1, -0.05) is 126 Å². The number of aromatic nitrogens is 4. The van der Waals surface area contributed by atoms with Crippen molar-refractivity contribution >= 4 is 74.2 Å². The molecule has 0 spiro atoms. The summed E-state index contributed by atoms with van der Waals surface area (Å²) in [5.74, 6) is 0.554. The molecule has 0 bridgehead atoms. The Morgan fingerprint density at radius 2 is 1.47 bits per heavy atom. The van der Waals surface area contributed by atoms with Gasteiger partial charge in [0.15, 0.2) is 15.3 Å². The Balaban J connectivity index is 1.01. The zero-order chi connectivity index (χ0) is 35.2. The van der Waals surface area contributed by atoms with Crippen LogP contribution in [0.15, 0.2) is 143 Å². The Morgan fingerprint density at radius 1 is 0.824 bits per heavy atom. The van der Waals surface area contributed by atoms with Crippen LogP contribution in [-0.2, 0) is 9.59 Å². The van der Waals surface area contributed by atoms with E-state index in [1.165, 1.54) is 34.9 Å². The van der Waals surface area contributed by atoms with Gasteiger partial charge in [0.1, 0.15) is 0 Å². The summed E-state index contributed by atoms with van der Waals surface area (Å²) in [4.78, 5) is 31.3. The molecule has 1 atom stereocenters. The maximum absolute atomic E-state index is 13.4. The number of nitrogens with one attached hydrogen (secondary N) is 2. The van der Waals surface area contributed by atoms with Crippen LogP contribution in [0.5, 0.6) is 0 Å². The number of para-hydroxylation sites is 1. The number of anilines is 1. The predicted molar refractivity (Wildman–Crippen MR) is 209 cm³/mol. The van der Waals surface area contributed by atoms with E-state index in [1.54, 1.807) is 0 Å². The van der Waals surface area contributed by atoms with E-state index >= 15 is 0 Å². The third kappa shape index (κ3) is 8.18. The minimum atomic E-state index is -0.492. The van der Waals surface area contributed by atoms with Crippen molar-refractivity contribution in [1.29, 1.82) is 0 Å². The molecule has 51 heavy (non-hydrogen) atoms. The molecule has 0 unspecified atom stereocenters. The lowest BCUT2D eigenvalue weighted by molar-refractivity contribution is -0.119. The number of rotatable bonds is 12. The second-order valence-electron chi connectivity index (χ2n) is 11.5. The molecule has 0 aliphatic carbocycles. The fourth-order valence-corrected chi connectivity index (χ4v) is 8.46. The van der Waals surface area contributed by atoms with Crippen molar-refractivity contribution in [2.45, 2.75) is 27.7 Å². The number of amides is 2. The third-order valence-electron chi connectivity index (χ3n) is 7.95. The van der Waals surface area contributed by atoms with Gasteiger partial charge in [0.2, 0.25) is 11.8 Å². The van der Waals surface area contributed by atoms with Crippen molar-refractivity contribution in [3.05, 3.63) is 150 Å². The molecular weight excluding hydrogens is 716 g/mol. The summed E-state index contributed by atoms with van der Waals surface area (Å²) in [6, 6.07) is 42.5. The summed E-state index contributed by atoms with van der Waals surface area (Å²) in [5.41, 5.74) is 5.11. The number of carbonyl (C=O) groups is 2. The van der Waals surface area contributed by atoms with Crippen LogP contribution >= 0.6 is 46.5 Å². The Morgan fingerprint density at radius 3 is 2.16 bits per heavy atom. The topological polar surface area (TPSA) is 102 Å². The highest BCUT2D eigenvalue weighted by Crippen LogP contribution is 2.35. The standard InChI is InChI=1S/C39H31ClN6O2S3/c1-25(50-38-45-44-36(30-19-11-12-20-31(30)40)46(38)29-17-9-4-10-18-29)37(48)41-28-21-22-32-33(23-28)51-39(42-32)49-24-34(47)43-35(26-13-5-2-6-14-26)27-15-7-3-8-16-27/h2-23,25,35H,24H2,1H3,(H,41,48)(H,43,47)/t25-/m0/s1. The smallest absolute Gasteiger partial charge is 0.237 e. The van der Waals surface area contributed by atoms with Gasteiger partial charge in [0.25, 0.3) is 0 Å². The van der Waals surface area contributed by atoms with E-state index in [1.807, 2.05) is 145 Å². The first-order valence-electron chi connectivity index (χ1n) is 16.1. The molecule has 0 radical (unpaired) electrons. The fraction of sp³-hybridized carbons (Fsp3) is 0.103. The van der Waals surface area contributed by atoms with Gasteiger partial charge in [-0.3, -0.25) is 14.2 Å². The van der Waals surface area contributed by atoms with Crippen LogP contribution in [0.2, 0.25) is 5.02 Å². The zero-order valence-corrected chi connectivity index (χ0v) is 30.5. The van der Waals surface area contributed by atoms with Gasteiger partial charge in [-0.15, -0.1) is 21.5 Å². The lowest BCUT2D eigenvalue weighted by Crippen LogP contribution is -2.30. The predicted octanol–water partition coefficient (Wildman–Crippen LogP) is 9.31. The lowest BCUT2D eigenvalue weighted by atomic mass is 9.99. The minimum absolute atomic E-state index is 0.0847. The highest BCUT2D eigenvalue weighted by atomic mass is 35.5. The average Bonchev–Trinajstić information content (AvgIpc) is 3.77. The Kier molecular flexibility index (Phi) is 10.8. The van der Waals surface area contributed by atoms with Crippen LogP contribution in [0, 0.1) is 0 Å². The van der Waals surface area contributed by atoms with E-state index in [9.17, 15) is 9.59 Å². The molecule has 0 aliphatic heterocycles. The molecular formula is C39H31ClN6O2S3. The van der Waals surface area contributed by atoms with Gasteiger partial charge in [-0.05, 0) is 60.5 Å². The largest absolute Gasteiger partial charge is 0.344 e. The minimum Gasteiger partial charge on any atom is -0.344 e. The molecule has 7 rings (SSSR count). The molecule has 0 saturated carbocycles. The highest BCUT2D eigenvalue weighted by Gasteiger charge is 2.23. The molecule has 2 aromatic heterocycles. The fourth-order valence-electron chi connectivity index (χ4n) is 5.45. The van der Waals surface area contributed by atoms with Crippen molar-refractivity contribution in [1.82, 2.24) is 25.1 Å². The number of thioether (sulfide) groups is 2. The molecule has 7 aromatic rings. The number of halogens is 1. The molecule has 0 fully saturated rings.